The molecular formula is C15H13ClO. The molecule has 0 saturated carbocycles. The molecule has 86 valence electrons. The summed E-state index contributed by atoms with van der Waals surface area (Å²) < 4.78 is 0. The Morgan fingerprint density at radius 2 is 1.88 bits per heavy atom. The first-order chi connectivity index (χ1) is 7.84. The number of aliphatic hydroxyl groups excluding tert-OH is 1. The van der Waals surface area contributed by atoms with Crippen molar-refractivity contribution in [1.82, 2.24) is 0 Å². The van der Waals surface area contributed by atoms with Crippen molar-refractivity contribution in [2.75, 3.05) is 0 Å². The molecule has 2 aliphatic carbocycles. The Balaban J connectivity index is 0.00000108. The van der Waals surface area contributed by atoms with Crippen molar-refractivity contribution in [3.63, 3.8) is 0 Å². The summed E-state index contributed by atoms with van der Waals surface area (Å²) in [4.78, 5) is 0. The Morgan fingerprint density at radius 3 is 2.76 bits per heavy atom. The SMILES string of the molecule is Cl.OC1=CC2C=CC=CC2=c2ccccc2=C1. The van der Waals surface area contributed by atoms with Crippen LogP contribution in [0.25, 0.3) is 11.6 Å². The first-order valence-electron chi connectivity index (χ1n) is 5.41. The summed E-state index contributed by atoms with van der Waals surface area (Å²) in [5, 5.41) is 12.1. The highest BCUT2D eigenvalue weighted by atomic mass is 35.5. The maximum atomic E-state index is 9.81. The van der Waals surface area contributed by atoms with Gasteiger partial charge in [-0.3, -0.25) is 0 Å². The van der Waals surface area contributed by atoms with E-state index in [4.69, 9.17) is 0 Å². The van der Waals surface area contributed by atoms with Crippen LogP contribution in [0, 0.1) is 5.92 Å². The molecule has 0 fully saturated rings. The second kappa shape index (κ2) is 4.64. The number of fused-ring (bicyclic) bond motifs is 2. The van der Waals surface area contributed by atoms with Gasteiger partial charge in [0.1, 0.15) is 5.76 Å². The summed E-state index contributed by atoms with van der Waals surface area (Å²) in [6.45, 7) is 0. The Hall–Kier alpha value is -1.73. The Labute approximate surface area is 106 Å². The minimum Gasteiger partial charge on any atom is -0.508 e. The first-order valence-corrected chi connectivity index (χ1v) is 5.41. The van der Waals surface area contributed by atoms with Crippen LogP contribution in [0.4, 0.5) is 0 Å². The molecule has 1 N–H and O–H groups in total. The minimum absolute atomic E-state index is 0. The smallest absolute Gasteiger partial charge is 0.113 e. The molecule has 1 nitrogen and oxygen atoms in total. The van der Waals surface area contributed by atoms with E-state index in [0.29, 0.717) is 5.76 Å². The predicted octanol–water partition coefficient (Wildman–Crippen LogP) is 2.24. The third kappa shape index (κ3) is 2.06. The summed E-state index contributed by atoms with van der Waals surface area (Å²) in [5.74, 6) is 0.525. The molecule has 1 aromatic carbocycles. The van der Waals surface area contributed by atoms with Crippen LogP contribution < -0.4 is 10.4 Å². The topological polar surface area (TPSA) is 20.2 Å². The summed E-state index contributed by atoms with van der Waals surface area (Å²) in [6.07, 6.45) is 12.0. The molecule has 0 radical (unpaired) electrons. The summed E-state index contributed by atoms with van der Waals surface area (Å²) in [6, 6.07) is 8.15. The number of halogens is 1. The Bertz CT molecular complexity index is 635. The fourth-order valence-electron chi connectivity index (χ4n) is 2.25. The van der Waals surface area contributed by atoms with Crippen LogP contribution in [-0.2, 0) is 0 Å². The molecule has 0 amide bonds. The Kier molecular flexibility index (Phi) is 3.21. The highest BCUT2D eigenvalue weighted by Crippen LogP contribution is 2.22. The van der Waals surface area contributed by atoms with Gasteiger partial charge in [0.2, 0.25) is 0 Å². The average Bonchev–Trinajstić information content (AvgIpc) is 2.44. The number of benzene rings is 1. The quantitative estimate of drug-likeness (QED) is 0.742. The van der Waals surface area contributed by atoms with E-state index in [1.165, 1.54) is 10.8 Å². The molecule has 17 heavy (non-hydrogen) atoms. The van der Waals surface area contributed by atoms with Crippen molar-refractivity contribution in [1.29, 1.82) is 0 Å². The molecule has 1 unspecified atom stereocenters. The highest BCUT2D eigenvalue weighted by Gasteiger charge is 2.12. The van der Waals surface area contributed by atoms with Crippen LogP contribution in [0.2, 0.25) is 0 Å². The third-order valence-corrected chi connectivity index (χ3v) is 2.99. The van der Waals surface area contributed by atoms with Gasteiger partial charge in [-0.2, -0.15) is 0 Å². The molecule has 3 rings (SSSR count). The largest absolute Gasteiger partial charge is 0.508 e. The van der Waals surface area contributed by atoms with E-state index in [1.807, 2.05) is 42.5 Å². The molecule has 2 aliphatic rings. The van der Waals surface area contributed by atoms with Crippen LogP contribution in [0.3, 0.4) is 0 Å². The van der Waals surface area contributed by atoms with E-state index in [2.05, 4.69) is 18.2 Å². The predicted molar refractivity (Wildman–Crippen MR) is 73.3 cm³/mol. The summed E-state index contributed by atoms with van der Waals surface area (Å²) >= 11 is 0. The van der Waals surface area contributed by atoms with Crippen LogP contribution in [0.5, 0.6) is 0 Å². The zero-order chi connectivity index (χ0) is 11.0. The second-order valence-electron chi connectivity index (χ2n) is 4.05. The fourth-order valence-corrected chi connectivity index (χ4v) is 2.25. The van der Waals surface area contributed by atoms with Crippen LogP contribution >= 0.6 is 12.4 Å². The van der Waals surface area contributed by atoms with Gasteiger partial charge in [0.15, 0.2) is 0 Å². The molecule has 0 spiro atoms. The number of allylic oxidation sites excluding steroid dienone is 6. The van der Waals surface area contributed by atoms with Gasteiger partial charge in [-0.1, -0.05) is 48.6 Å². The van der Waals surface area contributed by atoms with Gasteiger partial charge in [-0.05, 0) is 28.2 Å². The fraction of sp³-hybridized carbons (Fsp3) is 0.0667. The van der Waals surface area contributed by atoms with Crippen molar-refractivity contribution in [2.24, 2.45) is 5.92 Å². The minimum atomic E-state index is 0. The van der Waals surface area contributed by atoms with E-state index in [-0.39, 0.29) is 18.3 Å². The molecular weight excluding hydrogens is 232 g/mol. The maximum Gasteiger partial charge on any atom is 0.113 e. The van der Waals surface area contributed by atoms with Gasteiger partial charge in [-0.25, -0.2) is 0 Å². The van der Waals surface area contributed by atoms with Crippen molar-refractivity contribution in [3.8, 4) is 0 Å². The molecule has 0 saturated heterocycles. The third-order valence-electron chi connectivity index (χ3n) is 2.99. The first kappa shape index (κ1) is 11.7. The zero-order valence-corrected chi connectivity index (χ0v) is 10.0. The van der Waals surface area contributed by atoms with Gasteiger partial charge in [0, 0.05) is 5.92 Å². The maximum absolute atomic E-state index is 9.81. The Morgan fingerprint density at radius 1 is 1.06 bits per heavy atom. The molecule has 0 aliphatic heterocycles. The lowest BCUT2D eigenvalue weighted by atomic mass is 9.92. The average molecular weight is 245 g/mol. The highest BCUT2D eigenvalue weighted by molar-refractivity contribution is 5.85. The van der Waals surface area contributed by atoms with Gasteiger partial charge in [0.05, 0.1) is 0 Å². The number of hydrogen-bond acceptors (Lipinski definition) is 1. The molecule has 0 bridgehead atoms. The van der Waals surface area contributed by atoms with E-state index in [9.17, 15) is 5.11 Å². The van der Waals surface area contributed by atoms with E-state index in [1.54, 1.807) is 0 Å². The zero-order valence-electron chi connectivity index (χ0n) is 9.21. The number of aliphatic hydroxyl groups is 1. The van der Waals surface area contributed by atoms with Gasteiger partial charge in [-0.15, -0.1) is 12.4 Å². The van der Waals surface area contributed by atoms with Crippen molar-refractivity contribution in [2.45, 2.75) is 0 Å². The number of hydrogen-bond donors (Lipinski definition) is 1. The van der Waals surface area contributed by atoms with Gasteiger partial charge in [0.25, 0.3) is 0 Å². The van der Waals surface area contributed by atoms with Crippen molar-refractivity contribution < 1.29 is 5.11 Å². The monoisotopic (exact) mass is 244 g/mol. The molecule has 1 atom stereocenters. The van der Waals surface area contributed by atoms with Gasteiger partial charge < -0.3 is 5.11 Å². The van der Waals surface area contributed by atoms with Crippen molar-refractivity contribution >= 4 is 24.1 Å². The normalized spacial score (nSPS) is 20.4. The van der Waals surface area contributed by atoms with E-state index in [0.717, 1.165) is 5.22 Å². The molecule has 0 aromatic heterocycles. The lowest BCUT2D eigenvalue weighted by molar-refractivity contribution is 0.438. The lowest BCUT2D eigenvalue weighted by Crippen LogP contribution is -2.27. The number of rotatable bonds is 0. The van der Waals surface area contributed by atoms with E-state index < -0.39 is 0 Å². The lowest BCUT2D eigenvalue weighted by Gasteiger charge is -2.12. The van der Waals surface area contributed by atoms with Crippen LogP contribution in [0.1, 0.15) is 0 Å². The molecule has 1 aromatic rings. The van der Waals surface area contributed by atoms with Crippen molar-refractivity contribution in [3.05, 3.63) is 70.8 Å². The second-order valence-corrected chi connectivity index (χ2v) is 4.05. The molecule has 0 heterocycles. The van der Waals surface area contributed by atoms with Gasteiger partial charge >= 0.3 is 0 Å². The summed E-state index contributed by atoms with van der Waals surface area (Å²) in [5.41, 5.74) is 1.25. The standard InChI is InChI=1S/C15H12O.ClH/c16-13-9-11-5-1-3-7-14(11)15-8-4-2-6-12(15)10-13;/h1-11,16H;1H. The van der Waals surface area contributed by atoms with Crippen LogP contribution in [0.15, 0.2) is 60.4 Å². The van der Waals surface area contributed by atoms with Crippen LogP contribution in [-0.4, -0.2) is 5.11 Å². The summed E-state index contributed by atoms with van der Waals surface area (Å²) in [7, 11) is 0. The molecule has 2 heteroatoms. The van der Waals surface area contributed by atoms with E-state index >= 15 is 0 Å².